The summed E-state index contributed by atoms with van der Waals surface area (Å²) >= 11 is 16.1. The van der Waals surface area contributed by atoms with Crippen LogP contribution in [-0.4, -0.2) is 5.54 Å². The Bertz CT molecular complexity index is 644. The highest BCUT2D eigenvalue weighted by Gasteiger charge is 2.21. The van der Waals surface area contributed by atoms with E-state index < -0.39 is 0 Å². The Hall–Kier alpha value is -0.220. The molecule has 1 heterocycles. The van der Waals surface area contributed by atoms with Gasteiger partial charge in [0.2, 0.25) is 0 Å². The SMILES string of the molecule is CCc1c(CNC(C)(C)C)oc2c(Cl)cc(Br)c(Cl)c12. The molecule has 2 nitrogen and oxygen atoms in total. The van der Waals surface area contributed by atoms with Gasteiger partial charge in [-0.1, -0.05) is 30.1 Å². The molecule has 1 N–H and O–H groups in total. The molecular formula is C15H18BrCl2NO. The Morgan fingerprint density at radius 3 is 2.50 bits per heavy atom. The van der Waals surface area contributed by atoms with Gasteiger partial charge in [0.1, 0.15) is 5.76 Å². The van der Waals surface area contributed by atoms with Crippen molar-refractivity contribution >= 4 is 50.1 Å². The van der Waals surface area contributed by atoms with Gasteiger partial charge in [0.05, 0.1) is 16.6 Å². The fraction of sp³-hybridized carbons (Fsp3) is 0.467. The number of aryl methyl sites for hydroxylation is 1. The van der Waals surface area contributed by atoms with E-state index in [1.807, 2.05) is 0 Å². The van der Waals surface area contributed by atoms with Crippen LogP contribution in [-0.2, 0) is 13.0 Å². The summed E-state index contributed by atoms with van der Waals surface area (Å²) in [6, 6.07) is 1.77. The second-order valence-electron chi connectivity index (χ2n) is 5.82. The predicted octanol–water partition coefficient (Wildman–Crippen LogP) is 5.95. The molecular weight excluding hydrogens is 361 g/mol. The first-order chi connectivity index (χ1) is 9.24. The van der Waals surface area contributed by atoms with E-state index in [1.165, 1.54) is 0 Å². The summed E-state index contributed by atoms with van der Waals surface area (Å²) in [6.45, 7) is 9.12. The van der Waals surface area contributed by atoms with Crippen LogP contribution in [0, 0.1) is 0 Å². The fourth-order valence-electron chi connectivity index (χ4n) is 2.13. The Kier molecular flexibility index (Phi) is 4.75. The maximum absolute atomic E-state index is 6.40. The summed E-state index contributed by atoms with van der Waals surface area (Å²) in [5, 5.41) is 5.59. The number of hydrogen-bond acceptors (Lipinski definition) is 2. The van der Waals surface area contributed by atoms with Crippen molar-refractivity contribution < 1.29 is 4.42 Å². The second-order valence-corrected chi connectivity index (χ2v) is 7.46. The highest BCUT2D eigenvalue weighted by atomic mass is 79.9. The van der Waals surface area contributed by atoms with Crippen LogP contribution in [0.4, 0.5) is 0 Å². The summed E-state index contributed by atoms with van der Waals surface area (Å²) in [5.74, 6) is 0.902. The molecule has 0 aliphatic carbocycles. The van der Waals surface area contributed by atoms with Gasteiger partial charge in [-0.25, -0.2) is 0 Å². The molecule has 5 heteroatoms. The molecule has 0 spiro atoms. The van der Waals surface area contributed by atoms with Crippen molar-refractivity contribution in [2.45, 2.75) is 46.2 Å². The Morgan fingerprint density at radius 2 is 1.95 bits per heavy atom. The minimum Gasteiger partial charge on any atom is -0.458 e. The molecule has 2 rings (SSSR count). The first-order valence-corrected chi connectivity index (χ1v) is 8.12. The number of hydrogen-bond donors (Lipinski definition) is 1. The van der Waals surface area contributed by atoms with E-state index in [-0.39, 0.29) is 5.54 Å². The molecule has 0 aliphatic rings. The first kappa shape index (κ1) is 16.2. The largest absolute Gasteiger partial charge is 0.458 e. The normalized spacial score (nSPS) is 12.3. The zero-order chi connectivity index (χ0) is 15.1. The Morgan fingerprint density at radius 1 is 1.30 bits per heavy atom. The zero-order valence-corrected chi connectivity index (χ0v) is 15.1. The Balaban J connectivity index is 2.57. The monoisotopic (exact) mass is 377 g/mol. The number of fused-ring (bicyclic) bond motifs is 1. The molecule has 0 bridgehead atoms. The van der Waals surface area contributed by atoms with Crippen molar-refractivity contribution in [1.82, 2.24) is 5.32 Å². The molecule has 1 aromatic carbocycles. The lowest BCUT2D eigenvalue weighted by molar-refractivity contribution is 0.393. The first-order valence-electron chi connectivity index (χ1n) is 6.57. The molecule has 0 amide bonds. The molecule has 20 heavy (non-hydrogen) atoms. The van der Waals surface area contributed by atoms with Gasteiger partial charge in [-0.3, -0.25) is 0 Å². The third-order valence-corrected chi connectivity index (χ3v) is 4.65. The maximum Gasteiger partial charge on any atom is 0.154 e. The highest BCUT2D eigenvalue weighted by molar-refractivity contribution is 9.10. The van der Waals surface area contributed by atoms with Crippen LogP contribution in [0.3, 0.4) is 0 Å². The van der Waals surface area contributed by atoms with Crippen molar-refractivity contribution in [1.29, 1.82) is 0 Å². The fourth-order valence-corrected chi connectivity index (χ4v) is 3.19. The molecule has 0 atom stereocenters. The number of halogens is 3. The van der Waals surface area contributed by atoms with Crippen molar-refractivity contribution in [3.05, 3.63) is 31.9 Å². The lowest BCUT2D eigenvalue weighted by Gasteiger charge is -2.19. The van der Waals surface area contributed by atoms with E-state index >= 15 is 0 Å². The smallest absolute Gasteiger partial charge is 0.154 e. The molecule has 110 valence electrons. The lowest BCUT2D eigenvalue weighted by Crippen LogP contribution is -2.35. The predicted molar refractivity (Wildman–Crippen MR) is 89.9 cm³/mol. The van der Waals surface area contributed by atoms with Crippen LogP contribution in [0.1, 0.15) is 39.0 Å². The molecule has 2 aromatic rings. The second kappa shape index (κ2) is 5.88. The van der Waals surface area contributed by atoms with Crippen molar-refractivity contribution in [3.8, 4) is 0 Å². The van der Waals surface area contributed by atoms with Crippen LogP contribution in [0.5, 0.6) is 0 Å². The summed E-state index contributed by atoms with van der Waals surface area (Å²) in [5.41, 5.74) is 1.81. The highest BCUT2D eigenvalue weighted by Crippen LogP contribution is 2.41. The molecule has 0 saturated heterocycles. The third-order valence-electron chi connectivity index (χ3n) is 3.12. The van der Waals surface area contributed by atoms with E-state index in [9.17, 15) is 0 Å². The molecule has 0 unspecified atom stereocenters. The maximum atomic E-state index is 6.40. The van der Waals surface area contributed by atoms with Gasteiger partial charge in [-0.2, -0.15) is 0 Å². The molecule has 1 aromatic heterocycles. The minimum absolute atomic E-state index is 0.0260. The number of furan rings is 1. The number of nitrogens with one attached hydrogen (secondary N) is 1. The van der Waals surface area contributed by atoms with Gasteiger partial charge >= 0.3 is 0 Å². The summed E-state index contributed by atoms with van der Waals surface area (Å²) in [7, 11) is 0. The van der Waals surface area contributed by atoms with Crippen LogP contribution in [0.15, 0.2) is 15.0 Å². The molecule has 0 aliphatic heterocycles. The summed E-state index contributed by atoms with van der Waals surface area (Å²) in [6.07, 6.45) is 0.848. The van der Waals surface area contributed by atoms with Gasteiger partial charge < -0.3 is 9.73 Å². The van der Waals surface area contributed by atoms with Crippen molar-refractivity contribution in [2.75, 3.05) is 0 Å². The van der Waals surface area contributed by atoms with E-state index in [2.05, 4.69) is 48.9 Å². The van der Waals surface area contributed by atoms with Crippen LogP contribution >= 0.6 is 39.1 Å². The van der Waals surface area contributed by atoms with Crippen LogP contribution in [0.2, 0.25) is 10.0 Å². The standard InChI is InChI=1S/C15H18BrCl2NO/c1-5-8-11(7-19-15(2,3)4)20-14-10(17)6-9(16)13(18)12(8)14/h6,19H,5,7H2,1-4H3. The molecule has 0 fully saturated rings. The summed E-state index contributed by atoms with van der Waals surface area (Å²) in [4.78, 5) is 0. The zero-order valence-electron chi connectivity index (χ0n) is 12.0. The molecule has 0 saturated carbocycles. The average Bonchev–Trinajstić information content (AvgIpc) is 2.72. The summed E-state index contributed by atoms with van der Waals surface area (Å²) < 4.78 is 6.75. The lowest BCUT2D eigenvalue weighted by atomic mass is 10.1. The topological polar surface area (TPSA) is 25.2 Å². The third kappa shape index (κ3) is 3.16. The van der Waals surface area contributed by atoms with Gasteiger partial charge in [-0.15, -0.1) is 0 Å². The van der Waals surface area contributed by atoms with Gasteiger partial charge in [0, 0.05) is 21.0 Å². The van der Waals surface area contributed by atoms with E-state index in [4.69, 9.17) is 27.6 Å². The number of rotatable bonds is 3. The quantitative estimate of drug-likeness (QED) is 0.667. The van der Waals surface area contributed by atoms with E-state index in [0.29, 0.717) is 22.2 Å². The van der Waals surface area contributed by atoms with Crippen LogP contribution in [0.25, 0.3) is 11.0 Å². The van der Waals surface area contributed by atoms with E-state index in [0.717, 1.165) is 27.6 Å². The molecule has 0 radical (unpaired) electrons. The average molecular weight is 379 g/mol. The minimum atomic E-state index is 0.0260. The Labute approximate surface area is 137 Å². The van der Waals surface area contributed by atoms with E-state index in [1.54, 1.807) is 6.07 Å². The van der Waals surface area contributed by atoms with Crippen LogP contribution < -0.4 is 5.32 Å². The van der Waals surface area contributed by atoms with Gasteiger partial charge in [-0.05, 0) is 49.2 Å². The number of benzene rings is 1. The van der Waals surface area contributed by atoms with Crippen molar-refractivity contribution in [2.24, 2.45) is 0 Å². The van der Waals surface area contributed by atoms with Gasteiger partial charge in [0.25, 0.3) is 0 Å². The van der Waals surface area contributed by atoms with Gasteiger partial charge in [0.15, 0.2) is 5.58 Å². The van der Waals surface area contributed by atoms with Crippen molar-refractivity contribution in [3.63, 3.8) is 0 Å².